The van der Waals surface area contributed by atoms with E-state index in [1.807, 2.05) is 13.0 Å². The Morgan fingerprint density at radius 1 is 1.38 bits per heavy atom. The second-order valence-corrected chi connectivity index (χ2v) is 6.09. The average molecular weight is 290 g/mol. The molecular weight excluding hydrogens is 268 g/mol. The first-order valence-corrected chi connectivity index (χ1v) is 7.44. The van der Waals surface area contributed by atoms with Crippen molar-refractivity contribution in [2.24, 2.45) is 5.92 Å². The number of methoxy groups -OCH3 is 1. The first-order chi connectivity index (χ1) is 10.1. The lowest BCUT2D eigenvalue weighted by atomic mass is 9.81. The van der Waals surface area contributed by atoms with Gasteiger partial charge >= 0.3 is 0 Å². The molecule has 0 N–H and O–H groups in total. The summed E-state index contributed by atoms with van der Waals surface area (Å²) >= 11 is 0. The van der Waals surface area contributed by atoms with Crippen molar-refractivity contribution in [3.63, 3.8) is 0 Å². The fourth-order valence-electron chi connectivity index (χ4n) is 3.46. The highest BCUT2D eigenvalue weighted by molar-refractivity contribution is 5.98. The number of ether oxygens (including phenoxy) is 2. The lowest BCUT2D eigenvalue weighted by Crippen LogP contribution is -2.55. The van der Waals surface area contributed by atoms with Gasteiger partial charge in [-0.15, -0.1) is 0 Å². The molecule has 0 aromatic carbocycles. The van der Waals surface area contributed by atoms with Crippen LogP contribution < -0.4 is 4.74 Å². The molecule has 5 heteroatoms. The van der Waals surface area contributed by atoms with Crippen LogP contribution in [0, 0.1) is 12.8 Å². The molecule has 0 saturated carbocycles. The van der Waals surface area contributed by atoms with Gasteiger partial charge in [-0.05, 0) is 32.9 Å². The number of ketones is 1. The van der Waals surface area contributed by atoms with E-state index in [2.05, 4.69) is 16.9 Å². The van der Waals surface area contributed by atoms with Crippen LogP contribution in [0.1, 0.15) is 28.8 Å². The smallest absolute Gasteiger partial charge is 0.215 e. The second-order valence-electron chi connectivity index (χ2n) is 6.09. The summed E-state index contributed by atoms with van der Waals surface area (Å²) in [5, 5.41) is 0. The van der Waals surface area contributed by atoms with E-state index in [1.165, 1.54) is 0 Å². The Kier molecular flexibility index (Phi) is 3.95. The number of nitrogens with zero attached hydrogens (tertiary/aromatic N) is 2. The highest BCUT2D eigenvalue weighted by atomic mass is 16.5. The normalized spacial score (nSPS) is 29.2. The van der Waals surface area contributed by atoms with E-state index in [9.17, 15) is 4.79 Å². The van der Waals surface area contributed by atoms with Crippen LogP contribution in [0.15, 0.2) is 12.3 Å². The highest BCUT2D eigenvalue weighted by Gasteiger charge is 2.39. The first kappa shape index (κ1) is 14.5. The van der Waals surface area contributed by atoms with Crippen LogP contribution in [0.5, 0.6) is 5.88 Å². The van der Waals surface area contributed by atoms with Gasteiger partial charge in [0.15, 0.2) is 5.78 Å². The summed E-state index contributed by atoms with van der Waals surface area (Å²) in [4.78, 5) is 19.3. The summed E-state index contributed by atoms with van der Waals surface area (Å²) in [5.74, 6) is 0.869. The zero-order valence-electron chi connectivity index (χ0n) is 12.8. The number of piperidine rings is 1. The van der Waals surface area contributed by atoms with Gasteiger partial charge in [-0.1, -0.05) is 0 Å². The molecule has 0 spiro atoms. The minimum Gasteiger partial charge on any atom is -0.481 e. The highest BCUT2D eigenvalue weighted by Crippen LogP contribution is 2.32. The molecule has 2 aliphatic heterocycles. The van der Waals surface area contributed by atoms with E-state index in [-0.39, 0.29) is 11.7 Å². The van der Waals surface area contributed by atoms with Crippen LogP contribution >= 0.6 is 0 Å². The quantitative estimate of drug-likeness (QED) is 0.793. The van der Waals surface area contributed by atoms with Crippen LogP contribution in [-0.4, -0.2) is 55.1 Å². The van der Waals surface area contributed by atoms with E-state index in [4.69, 9.17) is 9.47 Å². The van der Waals surface area contributed by atoms with Crippen LogP contribution in [0.4, 0.5) is 0 Å². The summed E-state index contributed by atoms with van der Waals surface area (Å²) < 4.78 is 10.8. The fourth-order valence-corrected chi connectivity index (χ4v) is 3.46. The third-order valence-electron chi connectivity index (χ3n) is 4.76. The minimum absolute atomic E-state index is 0.0784. The molecule has 2 unspecified atom stereocenters. The summed E-state index contributed by atoms with van der Waals surface area (Å²) in [6.45, 7) is 3.38. The molecular formula is C16H22N2O3. The van der Waals surface area contributed by atoms with E-state index in [0.717, 1.165) is 31.6 Å². The number of Topliss-reactive ketones (excluding diaryl/α,β-unsaturated/α-hetero) is 1. The van der Waals surface area contributed by atoms with Crippen molar-refractivity contribution in [2.45, 2.75) is 31.8 Å². The van der Waals surface area contributed by atoms with Crippen LogP contribution in [-0.2, 0) is 4.74 Å². The van der Waals surface area contributed by atoms with Crippen LogP contribution in [0.3, 0.4) is 0 Å². The monoisotopic (exact) mass is 290 g/mol. The Morgan fingerprint density at radius 2 is 2.05 bits per heavy atom. The van der Waals surface area contributed by atoms with Gasteiger partial charge in [0.2, 0.25) is 5.88 Å². The van der Waals surface area contributed by atoms with Crippen molar-refractivity contribution in [3.05, 3.63) is 23.4 Å². The number of carbonyl (C=O) groups excluding carboxylic acids is 1. The number of morpholine rings is 1. The Labute approximate surface area is 125 Å². The van der Waals surface area contributed by atoms with Gasteiger partial charge < -0.3 is 9.47 Å². The summed E-state index contributed by atoms with van der Waals surface area (Å²) in [5.41, 5.74) is 1.60. The molecule has 2 bridgehead atoms. The zero-order valence-corrected chi connectivity index (χ0v) is 12.8. The number of hydrogen-bond acceptors (Lipinski definition) is 5. The molecule has 1 aromatic rings. The van der Waals surface area contributed by atoms with Crippen LogP contribution in [0.2, 0.25) is 0 Å². The number of rotatable bonds is 3. The maximum absolute atomic E-state index is 12.7. The van der Waals surface area contributed by atoms with Crippen molar-refractivity contribution < 1.29 is 14.3 Å². The lowest BCUT2D eigenvalue weighted by molar-refractivity contribution is -0.0702. The molecule has 114 valence electrons. The number of hydrogen-bond donors (Lipinski definition) is 0. The fraction of sp³-hybridized carbons (Fsp3) is 0.625. The van der Waals surface area contributed by atoms with E-state index >= 15 is 0 Å². The van der Waals surface area contributed by atoms with Gasteiger partial charge in [0.25, 0.3) is 0 Å². The van der Waals surface area contributed by atoms with Gasteiger partial charge in [0.05, 0.1) is 20.3 Å². The molecule has 2 aliphatic rings. The molecule has 2 saturated heterocycles. The number of fused-ring (bicyclic) bond motifs is 2. The standard InChI is InChI=1S/C16H22N2O3/c1-10-4-12(7-17-16(10)20-3)15(19)11-5-13-8-21-9-14(6-11)18(13)2/h4,7,11,13-14H,5-6,8-9H2,1-3H3. The Balaban J connectivity index is 1.78. The van der Waals surface area contributed by atoms with Crippen molar-refractivity contribution in [1.29, 1.82) is 0 Å². The van der Waals surface area contributed by atoms with Gasteiger partial charge in [0, 0.05) is 35.3 Å². The van der Waals surface area contributed by atoms with Gasteiger partial charge in [0.1, 0.15) is 0 Å². The summed E-state index contributed by atoms with van der Waals surface area (Å²) in [6, 6.07) is 2.61. The zero-order chi connectivity index (χ0) is 15.0. The molecule has 1 aromatic heterocycles. The van der Waals surface area contributed by atoms with Gasteiger partial charge in [-0.2, -0.15) is 0 Å². The summed E-state index contributed by atoms with van der Waals surface area (Å²) in [7, 11) is 3.73. The predicted octanol–water partition coefficient (Wildman–Crippen LogP) is 1.69. The van der Waals surface area contributed by atoms with Gasteiger partial charge in [-0.3, -0.25) is 9.69 Å². The lowest BCUT2D eigenvalue weighted by Gasteiger charge is -2.46. The third kappa shape index (κ3) is 2.68. The van der Waals surface area contributed by atoms with E-state index < -0.39 is 0 Å². The molecule has 21 heavy (non-hydrogen) atoms. The van der Waals surface area contributed by atoms with Crippen molar-refractivity contribution in [3.8, 4) is 5.88 Å². The second kappa shape index (κ2) is 5.73. The van der Waals surface area contributed by atoms with Crippen molar-refractivity contribution in [1.82, 2.24) is 9.88 Å². The minimum atomic E-state index is 0.0784. The summed E-state index contributed by atoms with van der Waals surface area (Å²) in [6.07, 6.45) is 3.38. The SMILES string of the molecule is COc1ncc(C(=O)C2CC3COCC(C2)N3C)cc1C. The van der Waals surface area contributed by atoms with Crippen molar-refractivity contribution >= 4 is 5.78 Å². The molecule has 0 aliphatic carbocycles. The number of aromatic nitrogens is 1. The topological polar surface area (TPSA) is 51.7 Å². The first-order valence-electron chi connectivity index (χ1n) is 7.44. The molecule has 3 rings (SSSR count). The largest absolute Gasteiger partial charge is 0.481 e. The third-order valence-corrected chi connectivity index (χ3v) is 4.76. The molecule has 2 atom stereocenters. The number of aryl methyl sites for hydroxylation is 1. The van der Waals surface area contributed by atoms with Crippen molar-refractivity contribution in [2.75, 3.05) is 27.4 Å². The maximum atomic E-state index is 12.7. The molecule has 2 fully saturated rings. The van der Waals surface area contributed by atoms with E-state index in [1.54, 1.807) is 13.3 Å². The Hall–Kier alpha value is -1.46. The van der Waals surface area contributed by atoms with Gasteiger partial charge in [-0.25, -0.2) is 4.98 Å². The molecule has 0 amide bonds. The maximum Gasteiger partial charge on any atom is 0.215 e. The molecule has 0 radical (unpaired) electrons. The molecule has 3 heterocycles. The molecule has 5 nitrogen and oxygen atoms in total. The van der Waals surface area contributed by atoms with E-state index in [0.29, 0.717) is 23.5 Å². The number of pyridine rings is 1. The average Bonchev–Trinajstić information content (AvgIpc) is 2.46. The van der Waals surface area contributed by atoms with Crippen LogP contribution in [0.25, 0.3) is 0 Å². The Bertz CT molecular complexity index is 532. The Morgan fingerprint density at radius 3 is 2.62 bits per heavy atom. The number of likely N-dealkylation sites (N-methyl/N-ethyl adjacent to an activating group) is 1. The number of carbonyl (C=O) groups is 1. The predicted molar refractivity (Wildman–Crippen MR) is 78.7 cm³/mol.